The Hall–Kier alpha value is -4.10. The maximum absolute atomic E-state index is 13.1. The summed E-state index contributed by atoms with van der Waals surface area (Å²) in [5.74, 6) is -1.14. The van der Waals surface area contributed by atoms with Gasteiger partial charge in [0.15, 0.2) is 5.13 Å². The van der Waals surface area contributed by atoms with Crippen molar-refractivity contribution in [1.29, 1.82) is 0 Å². The number of thiazole rings is 1. The molecule has 0 aliphatic heterocycles. The number of fused-ring (bicyclic) bond motifs is 2. The van der Waals surface area contributed by atoms with Crippen LogP contribution in [-0.4, -0.2) is 26.3 Å². The summed E-state index contributed by atoms with van der Waals surface area (Å²) >= 11 is 2.38. The number of thiophene rings is 1. The van der Waals surface area contributed by atoms with Crippen LogP contribution in [-0.2, 0) is 17.5 Å². The smallest absolute Gasteiger partial charge is 0.325 e. The number of aryl methyl sites for hydroxylation is 2. The van der Waals surface area contributed by atoms with Gasteiger partial charge in [-0.15, -0.1) is 11.3 Å². The van der Waals surface area contributed by atoms with Gasteiger partial charge in [0, 0.05) is 5.69 Å². The lowest BCUT2D eigenvalue weighted by Crippen LogP contribution is -2.28. The number of nitrogens with one attached hydrogen (secondary N) is 2. The first kappa shape index (κ1) is 25.5. The SMILES string of the molecule is Cc1cccc2sc(NC(=O)c3sc4ncn(CC(=O)Nc5cccc(C(F)(F)F)c5)c(=O)c4c3C)nc12. The Kier molecular flexibility index (Phi) is 6.49. The highest BCUT2D eigenvalue weighted by Crippen LogP contribution is 2.32. The number of anilines is 2. The van der Waals surface area contributed by atoms with E-state index in [2.05, 4.69) is 20.6 Å². The molecule has 2 N–H and O–H groups in total. The molecule has 0 fully saturated rings. The molecule has 2 amide bonds. The Balaban J connectivity index is 1.37. The zero-order valence-corrected chi connectivity index (χ0v) is 21.5. The van der Waals surface area contributed by atoms with Crippen LogP contribution in [0.3, 0.4) is 0 Å². The van der Waals surface area contributed by atoms with Gasteiger partial charge in [-0.2, -0.15) is 13.2 Å². The third-order valence-electron chi connectivity index (χ3n) is 5.75. The van der Waals surface area contributed by atoms with E-state index in [1.807, 2.05) is 25.1 Å². The van der Waals surface area contributed by atoms with E-state index in [0.29, 0.717) is 15.5 Å². The summed E-state index contributed by atoms with van der Waals surface area (Å²) in [5.41, 5.74) is 0.689. The number of hydrogen-bond donors (Lipinski definition) is 2. The monoisotopic (exact) mass is 557 g/mol. The molecule has 13 heteroatoms. The van der Waals surface area contributed by atoms with Crippen LogP contribution in [0.1, 0.15) is 26.4 Å². The summed E-state index contributed by atoms with van der Waals surface area (Å²) in [7, 11) is 0. The number of carbonyl (C=O) groups excluding carboxylic acids is 2. The van der Waals surface area contributed by atoms with Gasteiger partial charge in [-0.05, 0) is 49.2 Å². The van der Waals surface area contributed by atoms with Crippen LogP contribution in [0.5, 0.6) is 0 Å². The van der Waals surface area contributed by atoms with Crippen LogP contribution in [0.25, 0.3) is 20.4 Å². The first-order chi connectivity index (χ1) is 18.0. The summed E-state index contributed by atoms with van der Waals surface area (Å²) in [4.78, 5) is 48.0. The predicted molar refractivity (Wildman–Crippen MR) is 141 cm³/mol. The van der Waals surface area contributed by atoms with E-state index in [4.69, 9.17) is 0 Å². The zero-order chi connectivity index (χ0) is 27.2. The minimum atomic E-state index is -4.56. The summed E-state index contributed by atoms with van der Waals surface area (Å²) in [5, 5.41) is 5.76. The lowest BCUT2D eigenvalue weighted by molar-refractivity contribution is -0.137. The fourth-order valence-corrected chi connectivity index (χ4v) is 5.88. The molecule has 0 aliphatic rings. The van der Waals surface area contributed by atoms with Crippen molar-refractivity contribution in [3.8, 4) is 0 Å². The Bertz CT molecular complexity index is 1790. The largest absolute Gasteiger partial charge is 0.416 e. The number of nitrogens with zero attached hydrogens (tertiary/aromatic N) is 3. The standard InChI is InChI=1S/C25H18F3N5O3S2/c1-12-5-3-8-16-19(12)31-24(37-16)32-21(35)20-13(2)18-22(38-20)29-11-33(23(18)36)10-17(34)30-15-7-4-6-14(9-15)25(26,27)28/h3-9,11H,10H2,1-2H3,(H,30,34)(H,31,32,35). The quantitative estimate of drug-likeness (QED) is 0.293. The molecule has 3 heterocycles. The second-order valence-corrected chi connectivity index (χ2v) is 10.5. The molecular weight excluding hydrogens is 539 g/mol. The van der Waals surface area contributed by atoms with Crippen LogP contribution >= 0.6 is 22.7 Å². The van der Waals surface area contributed by atoms with Gasteiger partial charge < -0.3 is 5.32 Å². The third-order valence-corrected chi connectivity index (χ3v) is 7.89. The van der Waals surface area contributed by atoms with E-state index in [9.17, 15) is 27.6 Å². The van der Waals surface area contributed by atoms with E-state index in [1.54, 1.807) is 6.92 Å². The van der Waals surface area contributed by atoms with Crippen LogP contribution in [0.4, 0.5) is 24.0 Å². The highest BCUT2D eigenvalue weighted by Gasteiger charge is 2.30. The maximum atomic E-state index is 13.1. The van der Waals surface area contributed by atoms with Gasteiger partial charge in [0.2, 0.25) is 5.91 Å². The Morgan fingerprint density at radius 1 is 1.05 bits per heavy atom. The molecule has 0 bridgehead atoms. The molecule has 3 aromatic heterocycles. The summed E-state index contributed by atoms with van der Waals surface area (Å²) in [6.07, 6.45) is -3.39. The van der Waals surface area contributed by atoms with Crippen molar-refractivity contribution in [3.05, 3.63) is 80.7 Å². The number of halogens is 3. The fraction of sp³-hybridized carbons (Fsp3) is 0.160. The van der Waals surface area contributed by atoms with E-state index in [-0.39, 0.29) is 16.0 Å². The van der Waals surface area contributed by atoms with Crippen molar-refractivity contribution < 1.29 is 22.8 Å². The van der Waals surface area contributed by atoms with Crippen molar-refractivity contribution in [3.63, 3.8) is 0 Å². The number of para-hydroxylation sites is 1. The lowest BCUT2D eigenvalue weighted by Gasteiger charge is -2.10. The summed E-state index contributed by atoms with van der Waals surface area (Å²) in [6.45, 7) is 3.08. The molecule has 194 valence electrons. The van der Waals surface area contributed by atoms with Crippen molar-refractivity contribution in [2.75, 3.05) is 10.6 Å². The fourth-order valence-electron chi connectivity index (χ4n) is 3.91. The van der Waals surface area contributed by atoms with E-state index in [0.717, 1.165) is 43.8 Å². The van der Waals surface area contributed by atoms with Gasteiger partial charge in [-0.25, -0.2) is 9.97 Å². The van der Waals surface area contributed by atoms with Gasteiger partial charge in [0.05, 0.1) is 32.4 Å². The lowest BCUT2D eigenvalue weighted by atomic mass is 10.2. The highest BCUT2D eigenvalue weighted by atomic mass is 32.1. The minimum Gasteiger partial charge on any atom is -0.325 e. The van der Waals surface area contributed by atoms with Crippen molar-refractivity contribution >= 4 is 65.7 Å². The zero-order valence-electron chi connectivity index (χ0n) is 19.8. The molecule has 0 unspecified atom stereocenters. The first-order valence-electron chi connectivity index (χ1n) is 11.1. The number of alkyl halides is 3. The Morgan fingerprint density at radius 2 is 1.82 bits per heavy atom. The minimum absolute atomic E-state index is 0.0531. The number of aromatic nitrogens is 3. The number of amides is 2. The Labute approximate surface area is 220 Å². The van der Waals surface area contributed by atoms with Gasteiger partial charge in [-0.1, -0.05) is 29.5 Å². The molecule has 0 radical (unpaired) electrons. The van der Waals surface area contributed by atoms with Crippen LogP contribution in [0, 0.1) is 13.8 Å². The molecule has 0 saturated carbocycles. The summed E-state index contributed by atoms with van der Waals surface area (Å²) < 4.78 is 40.8. The third kappa shape index (κ3) is 4.89. The molecule has 0 aliphatic carbocycles. The van der Waals surface area contributed by atoms with Crippen LogP contribution < -0.4 is 16.2 Å². The molecular formula is C25H18F3N5O3S2. The second kappa shape index (κ2) is 9.65. The molecule has 38 heavy (non-hydrogen) atoms. The van der Waals surface area contributed by atoms with E-state index < -0.39 is 35.7 Å². The average Bonchev–Trinajstić information content (AvgIpc) is 3.42. The van der Waals surface area contributed by atoms with Crippen molar-refractivity contribution in [2.24, 2.45) is 0 Å². The van der Waals surface area contributed by atoms with E-state index in [1.165, 1.54) is 29.8 Å². The van der Waals surface area contributed by atoms with Crippen molar-refractivity contribution in [1.82, 2.24) is 14.5 Å². The number of rotatable bonds is 5. The highest BCUT2D eigenvalue weighted by molar-refractivity contribution is 7.23. The van der Waals surface area contributed by atoms with Gasteiger partial charge >= 0.3 is 6.18 Å². The van der Waals surface area contributed by atoms with Gasteiger partial charge in [0.1, 0.15) is 11.4 Å². The molecule has 0 saturated heterocycles. The second-order valence-electron chi connectivity index (χ2n) is 8.44. The summed E-state index contributed by atoms with van der Waals surface area (Å²) in [6, 6.07) is 9.95. The number of carbonyl (C=O) groups is 2. The molecule has 0 spiro atoms. The molecule has 0 atom stereocenters. The topological polar surface area (TPSA) is 106 Å². The van der Waals surface area contributed by atoms with Gasteiger partial charge in [-0.3, -0.25) is 24.3 Å². The normalized spacial score (nSPS) is 11.7. The van der Waals surface area contributed by atoms with Crippen LogP contribution in [0.15, 0.2) is 53.6 Å². The molecule has 2 aromatic carbocycles. The average molecular weight is 558 g/mol. The molecule has 8 nitrogen and oxygen atoms in total. The molecule has 5 rings (SSSR count). The van der Waals surface area contributed by atoms with Crippen molar-refractivity contribution in [2.45, 2.75) is 26.6 Å². The Morgan fingerprint density at radius 3 is 2.55 bits per heavy atom. The first-order valence-corrected chi connectivity index (χ1v) is 12.8. The number of hydrogen-bond acceptors (Lipinski definition) is 7. The number of benzene rings is 2. The van der Waals surface area contributed by atoms with Crippen LogP contribution in [0.2, 0.25) is 0 Å². The molecule has 5 aromatic rings. The van der Waals surface area contributed by atoms with E-state index >= 15 is 0 Å². The maximum Gasteiger partial charge on any atom is 0.416 e. The predicted octanol–water partition coefficient (Wildman–Crippen LogP) is 5.59. The van der Waals surface area contributed by atoms with Gasteiger partial charge in [0.25, 0.3) is 11.5 Å².